The number of nitrogens with zero attached hydrogens (tertiary/aromatic N) is 2. The predicted molar refractivity (Wildman–Crippen MR) is 106 cm³/mol. The maximum absolute atomic E-state index is 12.7. The molecule has 7 heteroatoms. The Kier molecular flexibility index (Phi) is 4.01. The van der Waals surface area contributed by atoms with Crippen molar-refractivity contribution in [3.63, 3.8) is 0 Å². The molecule has 3 heterocycles. The van der Waals surface area contributed by atoms with Crippen LogP contribution in [0.25, 0.3) is 15.9 Å². The van der Waals surface area contributed by atoms with Gasteiger partial charge in [0.05, 0.1) is 10.3 Å². The van der Waals surface area contributed by atoms with Gasteiger partial charge in [0.1, 0.15) is 10.5 Å². The number of rotatable bonds is 2. The van der Waals surface area contributed by atoms with Crippen LogP contribution in [0.2, 0.25) is 5.02 Å². The summed E-state index contributed by atoms with van der Waals surface area (Å²) in [7, 11) is 0. The molecule has 1 amide bonds. The Morgan fingerprint density at radius 1 is 1.19 bits per heavy atom. The van der Waals surface area contributed by atoms with Gasteiger partial charge < -0.3 is 5.32 Å². The van der Waals surface area contributed by atoms with Crippen LogP contribution in [0, 0.1) is 13.8 Å². The standard InChI is InChI=1S/C19H14ClN3O2S/c1-10-5-6-12(20)8-14(10)21-17(24)15-9-13-18(26-15)22-16-11(2)4-3-7-23(16)19(13)25/h3-9H,1-2H3,(H,21,24). The number of hydrogen-bond acceptors (Lipinski definition) is 4. The van der Waals surface area contributed by atoms with E-state index in [1.807, 2.05) is 26.0 Å². The zero-order valence-electron chi connectivity index (χ0n) is 14.0. The molecule has 0 atom stereocenters. The first-order chi connectivity index (χ1) is 12.4. The molecule has 4 aromatic rings. The topological polar surface area (TPSA) is 63.5 Å². The molecule has 0 aliphatic heterocycles. The van der Waals surface area contributed by atoms with Crippen molar-refractivity contribution >= 4 is 50.4 Å². The second kappa shape index (κ2) is 6.23. The fourth-order valence-corrected chi connectivity index (χ4v) is 3.87. The summed E-state index contributed by atoms with van der Waals surface area (Å²) in [6.45, 7) is 3.79. The Morgan fingerprint density at radius 3 is 2.81 bits per heavy atom. The molecule has 1 N–H and O–H groups in total. The molecule has 5 nitrogen and oxygen atoms in total. The zero-order chi connectivity index (χ0) is 18.4. The summed E-state index contributed by atoms with van der Waals surface area (Å²) in [6, 6.07) is 10.6. The number of thiophene rings is 1. The van der Waals surface area contributed by atoms with E-state index >= 15 is 0 Å². The van der Waals surface area contributed by atoms with Crippen molar-refractivity contribution in [2.24, 2.45) is 0 Å². The van der Waals surface area contributed by atoms with Gasteiger partial charge in [-0.15, -0.1) is 11.3 Å². The van der Waals surface area contributed by atoms with Crippen molar-refractivity contribution in [2.45, 2.75) is 13.8 Å². The minimum Gasteiger partial charge on any atom is -0.321 e. The number of hydrogen-bond donors (Lipinski definition) is 1. The van der Waals surface area contributed by atoms with Crippen molar-refractivity contribution in [1.82, 2.24) is 9.38 Å². The number of aryl methyl sites for hydroxylation is 2. The molecule has 4 rings (SSSR count). The van der Waals surface area contributed by atoms with Crippen LogP contribution in [0.15, 0.2) is 47.4 Å². The molecule has 26 heavy (non-hydrogen) atoms. The van der Waals surface area contributed by atoms with Gasteiger partial charge in [0.25, 0.3) is 11.5 Å². The molecule has 0 saturated carbocycles. The third-order valence-corrected chi connectivity index (χ3v) is 5.47. The Morgan fingerprint density at radius 2 is 2.00 bits per heavy atom. The highest BCUT2D eigenvalue weighted by molar-refractivity contribution is 7.20. The first-order valence-electron chi connectivity index (χ1n) is 7.93. The fraction of sp³-hybridized carbons (Fsp3) is 0.105. The summed E-state index contributed by atoms with van der Waals surface area (Å²) in [6.07, 6.45) is 1.68. The number of fused-ring (bicyclic) bond motifs is 2. The normalized spacial score (nSPS) is 11.2. The van der Waals surface area contributed by atoms with Crippen LogP contribution >= 0.6 is 22.9 Å². The fourth-order valence-electron chi connectivity index (χ4n) is 2.78. The van der Waals surface area contributed by atoms with Gasteiger partial charge in [0.2, 0.25) is 0 Å². The van der Waals surface area contributed by atoms with Gasteiger partial charge in [0.15, 0.2) is 0 Å². The van der Waals surface area contributed by atoms with E-state index in [1.54, 1.807) is 30.5 Å². The van der Waals surface area contributed by atoms with Gasteiger partial charge in [0, 0.05) is 16.9 Å². The van der Waals surface area contributed by atoms with Crippen molar-refractivity contribution in [1.29, 1.82) is 0 Å². The van der Waals surface area contributed by atoms with Crippen molar-refractivity contribution in [2.75, 3.05) is 5.32 Å². The molecular formula is C19H14ClN3O2S. The molecule has 130 valence electrons. The first-order valence-corrected chi connectivity index (χ1v) is 9.12. The minimum absolute atomic E-state index is 0.178. The lowest BCUT2D eigenvalue weighted by Gasteiger charge is -2.07. The van der Waals surface area contributed by atoms with E-state index in [-0.39, 0.29) is 11.5 Å². The highest BCUT2D eigenvalue weighted by atomic mass is 35.5. The average molecular weight is 384 g/mol. The predicted octanol–water partition coefficient (Wildman–Crippen LogP) is 4.43. The van der Waals surface area contributed by atoms with Crippen molar-refractivity contribution in [3.05, 3.63) is 74.0 Å². The summed E-state index contributed by atoms with van der Waals surface area (Å²) < 4.78 is 1.51. The number of benzene rings is 1. The van der Waals surface area contributed by atoms with Gasteiger partial charge in [-0.2, -0.15) is 0 Å². The molecule has 0 aliphatic rings. The SMILES string of the molecule is Cc1ccc(Cl)cc1NC(=O)c1cc2c(=O)n3cccc(C)c3nc2s1. The molecule has 0 aliphatic carbocycles. The van der Waals surface area contributed by atoms with Crippen LogP contribution in [0.1, 0.15) is 20.8 Å². The second-order valence-corrected chi connectivity index (χ2v) is 7.51. The third kappa shape index (κ3) is 2.77. The van der Waals surface area contributed by atoms with E-state index in [2.05, 4.69) is 10.3 Å². The van der Waals surface area contributed by atoms with Crippen LogP contribution in [0.3, 0.4) is 0 Å². The number of nitrogens with one attached hydrogen (secondary N) is 1. The molecule has 1 aromatic carbocycles. The summed E-state index contributed by atoms with van der Waals surface area (Å²) in [5.74, 6) is -0.288. The number of halogens is 1. The lowest BCUT2D eigenvalue weighted by atomic mass is 10.2. The Balaban J connectivity index is 1.80. The van der Waals surface area contributed by atoms with Gasteiger partial charge >= 0.3 is 0 Å². The highest BCUT2D eigenvalue weighted by Crippen LogP contribution is 2.25. The van der Waals surface area contributed by atoms with Crippen molar-refractivity contribution in [3.8, 4) is 0 Å². The van der Waals surface area contributed by atoms with E-state index in [9.17, 15) is 9.59 Å². The molecule has 0 saturated heterocycles. The average Bonchev–Trinajstić information content (AvgIpc) is 3.04. The van der Waals surface area contributed by atoms with Crippen molar-refractivity contribution < 1.29 is 4.79 Å². The summed E-state index contributed by atoms with van der Waals surface area (Å²) in [5, 5.41) is 3.83. The number of anilines is 1. The lowest BCUT2D eigenvalue weighted by molar-refractivity contribution is 0.103. The van der Waals surface area contributed by atoms with Gasteiger partial charge in [-0.1, -0.05) is 23.7 Å². The quantitative estimate of drug-likeness (QED) is 0.557. The van der Waals surface area contributed by atoms with E-state index in [4.69, 9.17) is 11.6 Å². The monoisotopic (exact) mass is 383 g/mol. The number of carbonyl (C=O) groups is 1. The first kappa shape index (κ1) is 16.8. The summed E-state index contributed by atoms with van der Waals surface area (Å²) in [5.41, 5.74) is 2.88. The Bertz CT molecular complexity index is 1240. The number of carbonyl (C=O) groups excluding carboxylic acids is 1. The van der Waals surface area contributed by atoms with Crippen LogP contribution in [-0.2, 0) is 0 Å². The molecular weight excluding hydrogens is 370 g/mol. The lowest BCUT2D eigenvalue weighted by Crippen LogP contribution is -2.14. The molecule has 0 unspecified atom stereocenters. The number of amides is 1. The Labute approximate surface area is 157 Å². The summed E-state index contributed by atoms with van der Waals surface area (Å²) >= 11 is 7.21. The van der Waals surface area contributed by atoms with Gasteiger partial charge in [-0.05, 0) is 49.2 Å². The molecule has 0 fully saturated rings. The maximum Gasteiger partial charge on any atom is 0.266 e. The molecule has 0 bridgehead atoms. The maximum atomic E-state index is 12.7. The Hall–Kier alpha value is -2.70. The van der Waals surface area contributed by atoms with Gasteiger partial charge in [-0.3, -0.25) is 14.0 Å². The third-order valence-electron chi connectivity index (χ3n) is 4.20. The summed E-state index contributed by atoms with van der Waals surface area (Å²) in [4.78, 5) is 30.9. The van der Waals surface area contributed by atoms with E-state index < -0.39 is 0 Å². The van der Waals surface area contributed by atoms with E-state index in [1.165, 1.54) is 15.7 Å². The van der Waals surface area contributed by atoms with E-state index in [0.29, 0.717) is 31.5 Å². The van der Waals surface area contributed by atoms with Crippen LogP contribution < -0.4 is 10.9 Å². The molecule has 0 radical (unpaired) electrons. The van der Waals surface area contributed by atoms with Crippen LogP contribution in [-0.4, -0.2) is 15.3 Å². The van der Waals surface area contributed by atoms with Crippen LogP contribution in [0.5, 0.6) is 0 Å². The smallest absolute Gasteiger partial charge is 0.266 e. The number of aromatic nitrogens is 2. The largest absolute Gasteiger partial charge is 0.321 e. The minimum atomic E-state index is -0.288. The van der Waals surface area contributed by atoms with Gasteiger partial charge in [-0.25, -0.2) is 4.98 Å². The zero-order valence-corrected chi connectivity index (χ0v) is 15.6. The number of pyridine rings is 1. The highest BCUT2D eigenvalue weighted by Gasteiger charge is 2.16. The van der Waals surface area contributed by atoms with Crippen LogP contribution in [0.4, 0.5) is 5.69 Å². The molecule has 3 aromatic heterocycles. The second-order valence-electron chi connectivity index (χ2n) is 6.04. The molecule has 0 spiro atoms. The van der Waals surface area contributed by atoms with E-state index in [0.717, 1.165) is 11.1 Å².